The highest BCUT2D eigenvalue weighted by Gasteiger charge is 2.51. The zero-order valence-corrected chi connectivity index (χ0v) is 39.3. The van der Waals surface area contributed by atoms with Crippen molar-refractivity contribution in [1.82, 2.24) is 0 Å². The van der Waals surface area contributed by atoms with Crippen LogP contribution in [-0.2, 0) is 49.6 Å². The summed E-state index contributed by atoms with van der Waals surface area (Å²) >= 11 is 0. The summed E-state index contributed by atoms with van der Waals surface area (Å²) in [6.45, 7) is 20.4. The summed E-state index contributed by atoms with van der Waals surface area (Å²) in [6.07, 6.45) is 12.8. The van der Waals surface area contributed by atoms with Gasteiger partial charge >= 0.3 is 0 Å². The number of allylic oxidation sites excluding steroid dienone is 1. The van der Waals surface area contributed by atoms with Crippen molar-refractivity contribution >= 4 is 44.0 Å². The van der Waals surface area contributed by atoms with E-state index in [0.717, 1.165) is 68.8 Å². The molecule has 0 saturated carbocycles. The van der Waals surface area contributed by atoms with Gasteiger partial charge in [0.05, 0.1) is 19.8 Å². The Morgan fingerprint density at radius 3 is 1.46 bits per heavy atom. The second-order valence-corrected chi connectivity index (χ2v) is 22.7. The van der Waals surface area contributed by atoms with Gasteiger partial charge in [0.25, 0.3) is 0 Å². The quantitative estimate of drug-likeness (QED) is 0.0433. The van der Waals surface area contributed by atoms with Gasteiger partial charge in [-0.15, -0.1) is 0 Å². The van der Waals surface area contributed by atoms with Gasteiger partial charge < -0.3 is 48.1 Å². The molecule has 9 atom stereocenters. The summed E-state index contributed by atoms with van der Waals surface area (Å²) in [6, 6.07) is 9.66. The Balaban J connectivity index is 2.65. The van der Waals surface area contributed by atoms with Gasteiger partial charge in [0.2, 0.25) is 0 Å². The first-order valence-electron chi connectivity index (χ1n) is 22.0. The van der Waals surface area contributed by atoms with Gasteiger partial charge in [0, 0.05) is 49.2 Å². The zero-order chi connectivity index (χ0) is 46.4. The lowest BCUT2D eigenvalue weighted by molar-refractivity contribution is -0.200. The van der Waals surface area contributed by atoms with E-state index in [-0.39, 0.29) is 77.1 Å². The Kier molecular flexibility index (Phi) is 19.1. The maximum absolute atomic E-state index is 13.5. The molecular weight excluding hydrogens is 773 g/mol. The average Bonchev–Trinajstić information content (AvgIpc) is 3.19. The summed E-state index contributed by atoms with van der Waals surface area (Å²) in [7, 11) is 0. The molecule has 0 saturated heterocycles. The monoisotopic (exact) mass is 851 g/mol. The molecule has 342 valence electrons. The minimum absolute atomic E-state index is 0.0483. The third kappa shape index (κ3) is 17.0. The number of hydrogen-bond donors (Lipinski definition) is 1. The molecule has 0 fully saturated rings. The Morgan fingerprint density at radius 1 is 0.590 bits per heavy atom. The van der Waals surface area contributed by atoms with Crippen LogP contribution in [0.1, 0.15) is 152 Å². The van der Waals surface area contributed by atoms with Crippen molar-refractivity contribution in [3.8, 4) is 0 Å². The van der Waals surface area contributed by atoms with E-state index in [4.69, 9.17) is 9.47 Å². The van der Waals surface area contributed by atoms with Crippen LogP contribution in [0, 0.1) is 54.7 Å². The summed E-state index contributed by atoms with van der Waals surface area (Å²) in [5.41, 5.74) is -8.25. The average molecular weight is 851 g/mol. The van der Waals surface area contributed by atoms with E-state index in [1.807, 2.05) is 44.2 Å². The molecule has 0 spiro atoms. The molecule has 0 aromatic heterocycles. The number of aliphatic hydroxyl groups excluding tert-OH is 1. The molecule has 0 aliphatic heterocycles. The van der Waals surface area contributed by atoms with Gasteiger partial charge in [0.15, 0.2) is 6.29 Å². The smallest absolute Gasteiger partial charge is 0.159 e. The van der Waals surface area contributed by atoms with Gasteiger partial charge in [-0.25, -0.2) is 0 Å². The van der Waals surface area contributed by atoms with E-state index in [9.17, 15) is 38.7 Å². The van der Waals surface area contributed by atoms with Crippen molar-refractivity contribution < 1.29 is 48.1 Å². The summed E-state index contributed by atoms with van der Waals surface area (Å²) in [4.78, 5) is 89.0. The molecule has 1 aliphatic rings. The van der Waals surface area contributed by atoms with Gasteiger partial charge in [0.1, 0.15) is 44.0 Å². The highest BCUT2D eigenvalue weighted by molar-refractivity contribution is 5.69. The van der Waals surface area contributed by atoms with Crippen molar-refractivity contribution in [2.75, 3.05) is 13.2 Å². The molecule has 0 radical (unpaired) electrons. The van der Waals surface area contributed by atoms with Crippen LogP contribution >= 0.6 is 0 Å². The fraction of sp³-hybridized carbons (Fsp3) is 0.706. The topological polar surface area (TPSA) is 158 Å². The zero-order valence-electron chi connectivity index (χ0n) is 39.3. The van der Waals surface area contributed by atoms with Crippen molar-refractivity contribution in [1.29, 1.82) is 0 Å². The summed E-state index contributed by atoms with van der Waals surface area (Å²) < 4.78 is 12.8. The molecule has 1 aliphatic carbocycles. The van der Waals surface area contributed by atoms with E-state index < -0.39 is 55.0 Å². The first-order valence-corrected chi connectivity index (χ1v) is 22.0. The third-order valence-electron chi connectivity index (χ3n) is 12.7. The van der Waals surface area contributed by atoms with Crippen LogP contribution < -0.4 is 0 Å². The normalized spacial score (nSPS) is 22.2. The number of carbonyl (C=O) groups is 7. The molecule has 2 rings (SSSR count). The van der Waals surface area contributed by atoms with Gasteiger partial charge in [-0.05, 0) is 81.6 Å². The fourth-order valence-electron chi connectivity index (χ4n) is 11.4. The predicted octanol–water partition coefficient (Wildman–Crippen LogP) is 9.50. The number of benzene rings is 1. The first-order chi connectivity index (χ1) is 28.2. The minimum Gasteiger partial charge on any atom is -0.376 e. The number of ether oxygens (including phenoxy) is 2. The van der Waals surface area contributed by atoms with Crippen LogP contribution in [0.3, 0.4) is 0 Å². The maximum atomic E-state index is 13.5. The Labute approximate surface area is 366 Å². The fourth-order valence-corrected chi connectivity index (χ4v) is 11.4. The SMILES string of the molecule is CC(C)(C=O)CC(C)(C=O)CC(C)(C=O)CC(C)(C=O)CC(C)(C=O)CC(C)(COCc1ccccc1)CC(C)(CC(C)(C=O)CC(C)(C)C=O)C(O)OCC1C=CCCC1. The van der Waals surface area contributed by atoms with E-state index >= 15 is 0 Å². The van der Waals surface area contributed by atoms with Gasteiger partial charge in [-0.2, -0.15) is 0 Å². The van der Waals surface area contributed by atoms with Crippen LogP contribution in [0.25, 0.3) is 0 Å². The minimum atomic E-state index is -1.33. The molecule has 1 aromatic carbocycles. The van der Waals surface area contributed by atoms with Crippen molar-refractivity contribution in [2.24, 2.45) is 54.7 Å². The first kappa shape index (κ1) is 53.7. The third-order valence-corrected chi connectivity index (χ3v) is 12.7. The summed E-state index contributed by atoms with van der Waals surface area (Å²) in [5, 5.41) is 12.1. The van der Waals surface area contributed by atoms with Crippen LogP contribution in [-0.4, -0.2) is 68.6 Å². The molecule has 0 bridgehead atoms. The lowest BCUT2D eigenvalue weighted by Gasteiger charge is -2.48. The van der Waals surface area contributed by atoms with E-state index in [0.29, 0.717) is 0 Å². The lowest BCUT2D eigenvalue weighted by atomic mass is 9.57. The standard InChI is InChI=1S/C51H78O10/c1-43(2,32-52)24-45(5,34-54)26-47(7,36-56)27-48(8,37-57)28-49(9,38-58)29-50(10,39-60-22-40-18-14-12-15-19-40)31-51(11,30-46(6,35-55)25-44(3,4)33-53)42(59)61-23-41-20-16-13-17-21-41/h12,14-16,18-20,32-38,41-42,59H,13,17,21-31,39H2,1-11H3. The van der Waals surface area contributed by atoms with E-state index in [2.05, 4.69) is 12.2 Å². The summed E-state index contributed by atoms with van der Waals surface area (Å²) in [5.74, 6) is 0.122. The van der Waals surface area contributed by atoms with E-state index in [1.165, 1.54) is 0 Å². The maximum Gasteiger partial charge on any atom is 0.159 e. The number of rotatable bonds is 31. The Bertz CT molecular complexity index is 1650. The Hall–Kier alpha value is -3.47. The highest BCUT2D eigenvalue weighted by Crippen LogP contribution is 2.53. The second-order valence-electron chi connectivity index (χ2n) is 22.7. The number of carbonyl (C=O) groups excluding carboxylic acids is 7. The molecule has 9 unspecified atom stereocenters. The van der Waals surface area contributed by atoms with Crippen LogP contribution in [0.5, 0.6) is 0 Å². The van der Waals surface area contributed by atoms with Gasteiger partial charge in [-0.1, -0.05) is 119 Å². The Morgan fingerprint density at radius 2 is 1.03 bits per heavy atom. The van der Waals surface area contributed by atoms with Crippen LogP contribution in [0.4, 0.5) is 0 Å². The molecule has 0 amide bonds. The predicted molar refractivity (Wildman–Crippen MR) is 238 cm³/mol. The molecule has 0 heterocycles. The number of hydrogen-bond acceptors (Lipinski definition) is 10. The number of aldehydes is 7. The highest BCUT2D eigenvalue weighted by atomic mass is 16.6. The molecule has 61 heavy (non-hydrogen) atoms. The molecule has 10 nitrogen and oxygen atoms in total. The molecule has 10 heteroatoms. The molecule has 1 aromatic rings. The largest absolute Gasteiger partial charge is 0.376 e. The van der Waals surface area contributed by atoms with Crippen LogP contribution in [0.15, 0.2) is 42.5 Å². The molecule has 1 N–H and O–H groups in total. The number of aliphatic hydroxyl groups is 1. The lowest BCUT2D eigenvalue weighted by Crippen LogP contribution is -2.47. The van der Waals surface area contributed by atoms with Crippen LogP contribution in [0.2, 0.25) is 0 Å². The van der Waals surface area contributed by atoms with Crippen molar-refractivity contribution in [2.45, 2.75) is 160 Å². The molecular formula is C51H78O10. The van der Waals surface area contributed by atoms with E-state index in [1.54, 1.807) is 62.3 Å². The van der Waals surface area contributed by atoms with Gasteiger partial charge in [-0.3, -0.25) is 0 Å². The van der Waals surface area contributed by atoms with Crippen molar-refractivity contribution in [3.63, 3.8) is 0 Å². The second kappa shape index (κ2) is 21.7. The van der Waals surface area contributed by atoms with Crippen molar-refractivity contribution in [3.05, 3.63) is 48.0 Å².